The van der Waals surface area contributed by atoms with Gasteiger partial charge >= 0.3 is 0 Å². The van der Waals surface area contributed by atoms with Crippen LogP contribution in [0.5, 0.6) is 0 Å². The minimum Gasteiger partial charge on any atom is -0.309 e. The summed E-state index contributed by atoms with van der Waals surface area (Å²) < 4.78 is 7.07. The molecule has 0 bridgehead atoms. The lowest BCUT2D eigenvalue weighted by Crippen LogP contribution is -2.07. The van der Waals surface area contributed by atoms with Gasteiger partial charge in [0.25, 0.3) is 0 Å². The van der Waals surface area contributed by atoms with Crippen LogP contribution in [0.1, 0.15) is 0 Å². The molecule has 16 rings (SSSR count). The van der Waals surface area contributed by atoms with Crippen LogP contribution in [0.25, 0.3) is 149 Å². The molecule has 348 valence electrons. The van der Waals surface area contributed by atoms with Gasteiger partial charge in [0.1, 0.15) is 0 Å². The van der Waals surface area contributed by atoms with E-state index in [0.29, 0.717) is 17.6 Å². The van der Waals surface area contributed by atoms with Crippen molar-refractivity contribution >= 4 is 97.7 Å². The maximum atomic E-state index is 5.54. The number of aromatic nitrogens is 6. The van der Waals surface area contributed by atoms with Crippen molar-refractivity contribution in [2.24, 2.45) is 0 Å². The van der Waals surface area contributed by atoms with E-state index in [1.807, 2.05) is 18.2 Å². The van der Waals surface area contributed by atoms with Crippen molar-refractivity contribution in [3.8, 4) is 51.2 Å². The molecule has 0 saturated heterocycles. The van der Waals surface area contributed by atoms with Gasteiger partial charge in [0, 0.05) is 54.8 Å². The topological polar surface area (TPSA) is 53.5 Å². The van der Waals surface area contributed by atoms with Crippen molar-refractivity contribution in [3.05, 3.63) is 255 Å². The van der Waals surface area contributed by atoms with E-state index in [4.69, 9.17) is 15.0 Å². The zero-order valence-electron chi connectivity index (χ0n) is 40.4. The molecule has 0 spiro atoms. The van der Waals surface area contributed by atoms with E-state index >= 15 is 0 Å². The Hall–Kier alpha value is -10.2. The average molecular weight is 955 g/mol. The maximum absolute atomic E-state index is 5.54. The average Bonchev–Trinajstić information content (AvgIpc) is 4.21. The van der Waals surface area contributed by atoms with Crippen LogP contribution in [0.4, 0.5) is 0 Å². The second-order valence-corrected chi connectivity index (χ2v) is 19.5. The maximum Gasteiger partial charge on any atom is 0.238 e. The summed E-state index contributed by atoms with van der Waals surface area (Å²) in [6.07, 6.45) is 0. The monoisotopic (exact) mass is 954 g/mol. The van der Waals surface area contributed by atoms with Gasteiger partial charge in [-0.2, -0.15) is 9.97 Å². The first-order chi connectivity index (χ1) is 37.2. The zero-order chi connectivity index (χ0) is 49.1. The van der Waals surface area contributed by atoms with Gasteiger partial charge in [-0.15, -0.1) is 0 Å². The fraction of sp³-hybridized carbons (Fsp3) is 0. The molecule has 0 aliphatic carbocycles. The minimum atomic E-state index is 0.544. The summed E-state index contributed by atoms with van der Waals surface area (Å²) in [5, 5.41) is 14.5. The first kappa shape index (κ1) is 41.4. The first-order valence-electron chi connectivity index (χ1n) is 25.5. The third-order valence-corrected chi connectivity index (χ3v) is 15.5. The highest BCUT2D eigenvalue weighted by molar-refractivity contribution is 6.26. The zero-order valence-corrected chi connectivity index (χ0v) is 40.4. The van der Waals surface area contributed by atoms with Crippen molar-refractivity contribution in [2.75, 3.05) is 0 Å². The molecule has 0 amide bonds. The Kier molecular flexibility index (Phi) is 8.94. The van der Waals surface area contributed by atoms with Crippen LogP contribution in [0.3, 0.4) is 0 Å². The van der Waals surface area contributed by atoms with E-state index in [2.05, 4.69) is 250 Å². The molecule has 0 saturated carbocycles. The van der Waals surface area contributed by atoms with Gasteiger partial charge < -0.3 is 9.13 Å². The Labute approximate surface area is 430 Å². The van der Waals surface area contributed by atoms with Gasteiger partial charge in [0.2, 0.25) is 5.95 Å². The van der Waals surface area contributed by atoms with Gasteiger partial charge in [0.05, 0.1) is 33.1 Å². The molecule has 4 aromatic heterocycles. The smallest absolute Gasteiger partial charge is 0.238 e. The summed E-state index contributed by atoms with van der Waals surface area (Å²) >= 11 is 0. The van der Waals surface area contributed by atoms with Crippen LogP contribution in [0, 0.1) is 0 Å². The van der Waals surface area contributed by atoms with Crippen molar-refractivity contribution in [1.82, 2.24) is 28.7 Å². The first-order valence-corrected chi connectivity index (χ1v) is 25.5. The highest BCUT2D eigenvalue weighted by atomic mass is 15.2. The third kappa shape index (κ3) is 6.24. The Balaban J connectivity index is 0.953. The third-order valence-electron chi connectivity index (χ3n) is 15.5. The van der Waals surface area contributed by atoms with E-state index in [-0.39, 0.29) is 0 Å². The van der Waals surface area contributed by atoms with E-state index < -0.39 is 0 Å². The van der Waals surface area contributed by atoms with Crippen LogP contribution in [0.2, 0.25) is 0 Å². The van der Waals surface area contributed by atoms with Crippen molar-refractivity contribution < 1.29 is 0 Å². The molecule has 0 aliphatic rings. The second kappa shape index (κ2) is 16.2. The SMILES string of the molecule is c1ccc(-c2nc(-c3ccc4c5ccccc5n(-c5ccccc5)c4c3)nc(-n3c4ccccc4c4ccc5c6ccccc6n(-c6cccc(-c7ccc8c9ccccc9c9ccccc9c8c7)c6)c5c43)n2)cc1. The second-order valence-electron chi connectivity index (χ2n) is 19.5. The molecule has 12 aromatic carbocycles. The quantitative estimate of drug-likeness (QED) is 0.156. The summed E-state index contributed by atoms with van der Waals surface area (Å²) in [6, 6.07) is 91.7. The van der Waals surface area contributed by atoms with Crippen LogP contribution in [-0.4, -0.2) is 28.7 Å². The number of nitrogens with zero attached hydrogens (tertiary/aromatic N) is 6. The summed E-state index contributed by atoms with van der Waals surface area (Å²) in [7, 11) is 0. The molecule has 6 nitrogen and oxygen atoms in total. The van der Waals surface area contributed by atoms with Crippen LogP contribution in [0.15, 0.2) is 255 Å². The molecule has 0 unspecified atom stereocenters. The highest BCUT2D eigenvalue weighted by Crippen LogP contribution is 2.44. The van der Waals surface area contributed by atoms with Gasteiger partial charge in [-0.3, -0.25) is 4.57 Å². The van der Waals surface area contributed by atoms with Gasteiger partial charge in [-0.25, -0.2) is 4.98 Å². The van der Waals surface area contributed by atoms with E-state index in [1.165, 1.54) is 54.0 Å². The van der Waals surface area contributed by atoms with Gasteiger partial charge in [-0.05, 0) is 98.0 Å². The fourth-order valence-electron chi connectivity index (χ4n) is 12.2. The van der Waals surface area contributed by atoms with Gasteiger partial charge in [-0.1, -0.05) is 200 Å². The standard InChI is InChI=1S/C69H42N6/c1-3-18-43(19-4-1)67-70-68(46-35-37-57-54-28-11-14-31-61(54)73(64(57)42-46)47-21-5-2-6-22-47)72-69(71-67)75-63-33-16-13-30-56(63)59-39-38-58-55-29-12-15-32-62(55)74(65(58)66(59)75)48-23-17-20-44(40-48)45-34-36-53-51-26-8-7-24-49(51)50-25-9-10-27-52(50)60(53)41-45/h1-42H. The fourth-order valence-corrected chi connectivity index (χ4v) is 12.2. The molecule has 0 atom stereocenters. The van der Waals surface area contributed by atoms with Crippen molar-refractivity contribution in [1.29, 1.82) is 0 Å². The summed E-state index contributed by atoms with van der Waals surface area (Å²) in [4.78, 5) is 16.3. The molecule has 0 fully saturated rings. The van der Waals surface area contributed by atoms with E-state index in [0.717, 1.165) is 77.3 Å². The van der Waals surface area contributed by atoms with Crippen molar-refractivity contribution in [2.45, 2.75) is 0 Å². The number of benzene rings is 12. The number of para-hydroxylation sites is 4. The minimum absolute atomic E-state index is 0.544. The van der Waals surface area contributed by atoms with E-state index in [1.54, 1.807) is 0 Å². The molecule has 0 aliphatic heterocycles. The Bertz CT molecular complexity index is 4970. The highest BCUT2D eigenvalue weighted by Gasteiger charge is 2.24. The predicted molar refractivity (Wildman–Crippen MR) is 312 cm³/mol. The lowest BCUT2D eigenvalue weighted by molar-refractivity contribution is 0.953. The van der Waals surface area contributed by atoms with Crippen LogP contribution >= 0.6 is 0 Å². The molecule has 16 aromatic rings. The predicted octanol–water partition coefficient (Wildman–Crippen LogP) is 17.6. The number of fused-ring (bicyclic) bond motifs is 16. The molecule has 6 heteroatoms. The lowest BCUT2D eigenvalue weighted by atomic mass is 9.92. The molecular weight excluding hydrogens is 913 g/mol. The Morgan fingerprint density at radius 2 is 0.627 bits per heavy atom. The van der Waals surface area contributed by atoms with Crippen LogP contribution in [-0.2, 0) is 0 Å². The molecule has 0 radical (unpaired) electrons. The van der Waals surface area contributed by atoms with Gasteiger partial charge in [0.15, 0.2) is 11.6 Å². The van der Waals surface area contributed by atoms with Crippen LogP contribution < -0.4 is 0 Å². The summed E-state index contributed by atoms with van der Waals surface area (Å²) in [5.74, 6) is 1.73. The Morgan fingerprint density at radius 1 is 0.213 bits per heavy atom. The van der Waals surface area contributed by atoms with E-state index in [9.17, 15) is 0 Å². The number of hydrogen-bond acceptors (Lipinski definition) is 3. The lowest BCUT2D eigenvalue weighted by Gasteiger charge is -2.15. The normalized spacial score (nSPS) is 12.0. The molecule has 75 heavy (non-hydrogen) atoms. The largest absolute Gasteiger partial charge is 0.309 e. The summed E-state index contributed by atoms with van der Waals surface area (Å²) in [5.41, 5.74) is 12.7. The van der Waals surface area contributed by atoms with Crippen molar-refractivity contribution in [3.63, 3.8) is 0 Å². The number of rotatable bonds is 6. The Morgan fingerprint density at radius 3 is 1.28 bits per heavy atom. The number of hydrogen-bond donors (Lipinski definition) is 0. The molecule has 4 heterocycles. The summed E-state index contributed by atoms with van der Waals surface area (Å²) in [6.45, 7) is 0. The molecule has 0 N–H and O–H groups in total. The molecular formula is C69H42N6.